The SMILES string of the molecule is CCC1(CNC(=O)C2(CN)CCCC2)CC1.Cl. The smallest absolute Gasteiger partial charge is 0.227 e. The highest BCUT2D eigenvalue weighted by Gasteiger charge is 2.44. The molecule has 0 radical (unpaired) electrons. The summed E-state index contributed by atoms with van der Waals surface area (Å²) in [6.45, 7) is 3.59. The van der Waals surface area contributed by atoms with Crippen molar-refractivity contribution in [1.82, 2.24) is 5.32 Å². The molecule has 2 rings (SSSR count). The molecule has 1 amide bonds. The Morgan fingerprint density at radius 1 is 1.24 bits per heavy atom. The molecule has 0 atom stereocenters. The van der Waals surface area contributed by atoms with Crippen LogP contribution in [-0.4, -0.2) is 19.0 Å². The second kappa shape index (κ2) is 5.57. The van der Waals surface area contributed by atoms with E-state index in [-0.39, 0.29) is 23.7 Å². The third-order valence-corrected chi connectivity index (χ3v) is 4.76. The van der Waals surface area contributed by atoms with Crippen molar-refractivity contribution >= 4 is 18.3 Å². The van der Waals surface area contributed by atoms with Crippen LogP contribution in [0.25, 0.3) is 0 Å². The lowest BCUT2D eigenvalue weighted by Crippen LogP contribution is -2.45. The molecule has 4 heteroatoms. The molecule has 2 aliphatic carbocycles. The van der Waals surface area contributed by atoms with Crippen molar-refractivity contribution < 1.29 is 4.79 Å². The van der Waals surface area contributed by atoms with Crippen LogP contribution < -0.4 is 11.1 Å². The molecule has 3 N–H and O–H groups in total. The third-order valence-electron chi connectivity index (χ3n) is 4.76. The molecule has 2 fully saturated rings. The average Bonchev–Trinajstić information content (AvgIpc) is 2.94. The summed E-state index contributed by atoms with van der Waals surface area (Å²) in [7, 11) is 0. The summed E-state index contributed by atoms with van der Waals surface area (Å²) >= 11 is 0. The second-order valence-corrected chi connectivity index (χ2v) is 5.73. The van der Waals surface area contributed by atoms with E-state index < -0.39 is 0 Å². The first kappa shape index (κ1) is 14.8. The van der Waals surface area contributed by atoms with Crippen molar-refractivity contribution in [2.45, 2.75) is 51.9 Å². The predicted molar refractivity (Wildman–Crippen MR) is 72.2 cm³/mol. The van der Waals surface area contributed by atoms with Crippen LogP contribution >= 0.6 is 12.4 Å². The molecule has 3 nitrogen and oxygen atoms in total. The summed E-state index contributed by atoms with van der Waals surface area (Å²) in [5, 5.41) is 3.15. The van der Waals surface area contributed by atoms with Gasteiger partial charge in [-0.1, -0.05) is 19.8 Å². The van der Waals surface area contributed by atoms with Gasteiger partial charge in [0.2, 0.25) is 5.91 Å². The van der Waals surface area contributed by atoms with Crippen LogP contribution in [0, 0.1) is 10.8 Å². The largest absolute Gasteiger partial charge is 0.355 e. The molecule has 0 aromatic carbocycles. The third kappa shape index (κ3) is 2.94. The van der Waals surface area contributed by atoms with E-state index in [1.54, 1.807) is 0 Å². The Morgan fingerprint density at radius 2 is 1.82 bits per heavy atom. The summed E-state index contributed by atoms with van der Waals surface area (Å²) in [5.41, 5.74) is 6.00. The molecule has 2 saturated carbocycles. The number of rotatable bonds is 5. The number of hydrogen-bond acceptors (Lipinski definition) is 2. The van der Waals surface area contributed by atoms with Gasteiger partial charge in [0.1, 0.15) is 0 Å². The summed E-state index contributed by atoms with van der Waals surface area (Å²) < 4.78 is 0. The zero-order valence-corrected chi connectivity index (χ0v) is 11.6. The molecule has 0 bridgehead atoms. The molecule has 17 heavy (non-hydrogen) atoms. The minimum Gasteiger partial charge on any atom is -0.355 e. The van der Waals surface area contributed by atoms with Crippen molar-refractivity contribution in [3.05, 3.63) is 0 Å². The maximum Gasteiger partial charge on any atom is 0.227 e. The molecule has 0 aromatic rings. The predicted octanol–water partition coefficient (Wildman–Crippen LogP) is 2.23. The molecule has 0 unspecified atom stereocenters. The Hall–Kier alpha value is -0.280. The maximum atomic E-state index is 12.2. The van der Waals surface area contributed by atoms with Crippen LogP contribution in [0.3, 0.4) is 0 Å². The topological polar surface area (TPSA) is 55.1 Å². The molecule has 0 spiro atoms. The fourth-order valence-electron chi connectivity index (χ4n) is 2.86. The van der Waals surface area contributed by atoms with Crippen LogP contribution in [0.1, 0.15) is 51.9 Å². The molecular formula is C13H25ClN2O. The number of hydrogen-bond donors (Lipinski definition) is 2. The van der Waals surface area contributed by atoms with E-state index in [1.807, 2.05) is 0 Å². The Labute approximate surface area is 110 Å². The second-order valence-electron chi connectivity index (χ2n) is 5.73. The van der Waals surface area contributed by atoms with Crippen LogP contribution in [0.2, 0.25) is 0 Å². The van der Waals surface area contributed by atoms with E-state index in [0.717, 1.165) is 32.2 Å². The molecule has 100 valence electrons. The van der Waals surface area contributed by atoms with Gasteiger partial charge in [-0.15, -0.1) is 12.4 Å². The number of nitrogens with one attached hydrogen (secondary N) is 1. The van der Waals surface area contributed by atoms with Crippen molar-refractivity contribution in [2.75, 3.05) is 13.1 Å². The maximum absolute atomic E-state index is 12.2. The molecule has 2 aliphatic rings. The van der Waals surface area contributed by atoms with Gasteiger partial charge >= 0.3 is 0 Å². The van der Waals surface area contributed by atoms with E-state index in [4.69, 9.17) is 5.73 Å². The monoisotopic (exact) mass is 260 g/mol. The Balaban J connectivity index is 0.00000144. The van der Waals surface area contributed by atoms with Gasteiger partial charge < -0.3 is 11.1 Å². The number of nitrogens with two attached hydrogens (primary N) is 1. The van der Waals surface area contributed by atoms with Gasteiger partial charge in [-0.3, -0.25) is 4.79 Å². The molecule has 0 aromatic heterocycles. The Kier molecular flexibility index (Phi) is 4.85. The fourth-order valence-corrected chi connectivity index (χ4v) is 2.86. The van der Waals surface area contributed by atoms with Crippen molar-refractivity contribution in [2.24, 2.45) is 16.6 Å². The van der Waals surface area contributed by atoms with E-state index in [0.29, 0.717) is 12.0 Å². The molecule has 0 heterocycles. The van der Waals surface area contributed by atoms with Crippen molar-refractivity contribution in [3.63, 3.8) is 0 Å². The quantitative estimate of drug-likeness (QED) is 0.797. The highest BCUT2D eigenvalue weighted by molar-refractivity contribution is 5.85. The van der Waals surface area contributed by atoms with Crippen LogP contribution in [0.4, 0.5) is 0 Å². The fraction of sp³-hybridized carbons (Fsp3) is 0.923. The zero-order valence-electron chi connectivity index (χ0n) is 10.8. The first-order chi connectivity index (χ1) is 7.66. The van der Waals surface area contributed by atoms with Gasteiger partial charge in [-0.2, -0.15) is 0 Å². The summed E-state index contributed by atoms with van der Waals surface area (Å²) in [6.07, 6.45) is 8.01. The van der Waals surface area contributed by atoms with E-state index in [2.05, 4.69) is 12.2 Å². The number of carbonyl (C=O) groups excluding carboxylic acids is 1. The lowest BCUT2D eigenvalue weighted by atomic mass is 9.85. The number of carbonyl (C=O) groups is 1. The molecule has 0 saturated heterocycles. The minimum atomic E-state index is -0.232. The summed E-state index contributed by atoms with van der Waals surface area (Å²) in [4.78, 5) is 12.2. The van der Waals surface area contributed by atoms with E-state index in [1.165, 1.54) is 19.3 Å². The number of halogens is 1. The average molecular weight is 261 g/mol. The number of amides is 1. The van der Waals surface area contributed by atoms with Crippen LogP contribution in [0.15, 0.2) is 0 Å². The van der Waals surface area contributed by atoms with Gasteiger partial charge in [0.05, 0.1) is 5.41 Å². The van der Waals surface area contributed by atoms with Gasteiger partial charge in [-0.25, -0.2) is 0 Å². The van der Waals surface area contributed by atoms with Gasteiger partial charge in [0, 0.05) is 13.1 Å². The summed E-state index contributed by atoms with van der Waals surface area (Å²) in [6, 6.07) is 0. The lowest BCUT2D eigenvalue weighted by Gasteiger charge is -2.27. The van der Waals surface area contributed by atoms with Crippen LogP contribution in [0.5, 0.6) is 0 Å². The molecular weight excluding hydrogens is 236 g/mol. The first-order valence-corrected chi connectivity index (χ1v) is 6.65. The van der Waals surface area contributed by atoms with Crippen molar-refractivity contribution in [1.29, 1.82) is 0 Å². The first-order valence-electron chi connectivity index (χ1n) is 6.65. The minimum absolute atomic E-state index is 0. The van der Waals surface area contributed by atoms with Crippen LogP contribution in [-0.2, 0) is 4.79 Å². The van der Waals surface area contributed by atoms with Crippen molar-refractivity contribution in [3.8, 4) is 0 Å². The van der Waals surface area contributed by atoms with E-state index in [9.17, 15) is 4.79 Å². The summed E-state index contributed by atoms with van der Waals surface area (Å²) in [5.74, 6) is 0.215. The normalized spacial score (nSPS) is 23.9. The standard InChI is InChI=1S/C13H24N2O.ClH/c1-2-12(7-8-12)10-15-11(16)13(9-14)5-3-4-6-13;/h2-10,14H2,1H3,(H,15,16);1H. The van der Waals surface area contributed by atoms with Gasteiger partial charge in [0.25, 0.3) is 0 Å². The highest BCUT2D eigenvalue weighted by Crippen LogP contribution is 2.48. The Bertz CT molecular complexity index is 271. The zero-order chi connectivity index (χ0) is 11.6. The van der Waals surface area contributed by atoms with Gasteiger partial charge in [-0.05, 0) is 37.5 Å². The lowest BCUT2D eigenvalue weighted by molar-refractivity contribution is -0.130. The molecule has 0 aliphatic heterocycles. The highest BCUT2D eigenvalue weighted by atomic mass is 35.5. The Morgan fingerprint density at radius 3 is 2.24 bits per heavy atom. The van der Waals surface area contributed by atoms with Gasteiger partial charge in [0.15, 0.2) is 0 Å². The van der Waals surface area contributed by atoms with E-state index >= 15 is 0 Å².